The average molecular weight is 309 g/mol. The number of carbonyl (C=O) groups is 2. The zero-order valence-corrected chi connectivity index (χ0v) is 13.1. The second-order valence-electron chi connectivity index (χ2n) is 5.66. The van der Waals surface area contributed by atoms with Gasteiger partial charge in [0.15, 0.2) is 12.4 Å². The largest absolute Gasteiger partial charge is 0.482 e. The van der Waals surface area contributed by atoms with E-state index in [0.29, 0.717) is 23.5 Å². The fraction of sp³-hybridized carbons (Fsp3) is 0.263. The molecule has 0 aliphatic carbocycles. The van der Waals surface area contributed by atoms with Crippen molar-refractivity contribution in [3.05, 3.63) is 59.7 Å². The normalized spacial score (nSPS) is 13.4. The maximum absolute atomic E-state index is 12.2. The highest BCUT2D eigenvalue weighted by atomic mass is 16.5. The highest BCUT2D eigenvalue weighted by molar-refractivity contribution is 6.01. The summed E-state index contributed by atoms with van der Waals surface area (Å²) >= 11 is 0. The summed E-state index contributed by atoms with van der Waals surface area (Å²) in [6.45, 7) is 2.19. The first kappa shape index (κ1) is 15.3. The van der Waals surface area contributed by atoms with E-state index in [-0.39, 0.29) is 18.3 Å². The summed E-state index contributed by atoms with van der Waals surface area (Å²) in [6.07, 6.45) is 1.77. The lowest BCUT2D eigenvalue weighted by Crippen LogP contribution is -2.39. The van der Waals surface area contributed by atoms with Crippen LogP contribution in [0.25, 0.3) is 0 Å². The number of anilines is 1. The smallest absolute Gasteiger partial charge is 0.265 e. The fourth-order valence-electron chi connectivity index (χ4n) is 2.75. The first-order valence-electron chi connectivity index (χ1n) is 7.77. The van der Waals surface area contributed by atoms with Crippen molar-refractivity contribution >= 4 is 17.4 Å². The number of benzene rings is 2. The standard InChI is InChI=1S/C19H19NO3/c1-14(21)16-9-10-18-17(12-16)20(19(22)13-23-18)11-5-8-15-6-3-2-4-7-15/h2-4,6-7,9-10,12H,5,8,11,13H2,1H3. The maximum Gasteiger partial charge on any atom is 0.265 e. The van der Waals surface area contributed by atoms with Crippen molar-refractivity contribution in [1.82, 2.24) is 0 Å². The quantitative estimate of drug-likeness (QED) is 0.797. The number of carbonyl (C=O) groups excluding carboxylic acids is 2. The van der Waals surface area contributed by atoms with Crippen LogP contribution in [0.15, 0.2) is 48.5 Å². The van der Waals surface area contributed by atoms with E-state index in [9.17, 15) is 9.59 Å². The van der Waals surface area contributed by atoms with Crippen molar-refractivity contribution in [2.75, 3.05) is 18.1 Å². The van der Waals surface area contributed by atoms with Crippen molar-refractivity contribution in [3.8, 4) is 5.75 Å². The van der Waals surface area contributed by atoms with Crippen LogP contribution in [-0.2, 0) is 11.2 Å². The molecular formula is C19H19NO3. The Bertz CT molecular complexity index is 725. The van der Waals surface area contributed by atoms with Gasteiger partial charge in [0.25, 0.3) is 5.91 Å². The molecule has 0 saturated carbocycles. The van der Waals surface area contributed by atoms with Crippen LogP contribution in [0.1, 0.15) is 29.3 Å². The van der Waals surface area contributed by atoms with Gasteiger partial charge in [0.05, 0.1) is 5.69 Å². The lowest BCUT2D eigenvalue weighted by atomic mass is 10.1. The summed E-state index contributed by atoms with van der Waals surface area (Å²) in [5, 5.41) is 0. The van der Waals surface area contributed by atoms with E-state index in [4.69, 9.17) is 4.74 Å². The van der Waals surface area contributed by atoms with Gasteiger partial charge in [-0.25, -0.2) is 0 Å². The van der Waals surface area contributed by atoms with Gasteiger partial charge in [-0.15, -0.1) is 0 Å². The molecule has 0 aromatic heterocycles. The van der Waals surface area contributed by atoms with Crippen molar-refractivity contribution < 1.29 is 14.3 Å². The summed E-state index contributed by atoms with van der Waals surface area (Å²) in [7, 11) is 0. The summed E-state index contributed by atoms with van der Waals surface area (Å²) in [4.78, 5) is 25.5. The average Bonchev–Trinajstić information content (AvgIpc) is 2.57. The van der Waals surface area contributed by atoms with E-state index in [1.54, 1.807) is 23.1 Å². The Morgan fingerprint density at radius 1 is 1.17 bits per heavy atom. The summed E-state index contributed by atoms with van der Waals surface area (Å²) < 4.78 is 5.46. The monoisotopic (exact) mass is 309 g/mol. The molecule has 0 spiro atoms. The Balaban J connectivity index is 1.75. The van der Waals surface area contributed by atoms with Crippen molar-refractivity contribution in [1.29, 1.82) is 0 Å². The molecule has 0 radical (unpaired) electrons. The topological polar surface area (TPSA) is 46.6 Å². The number of hydrogen-bond donors (Lipinski definition) is 0. The highest BCUT2D eigenvalue weighted by Crippen LogP contribution is 2.33. The Hall–Kier alpha value is -2.62. The molecule has 0 N–H and O–H groups in total. The Morgan fingerprint density at radius 2 is 1.96 bits per heavy atom. The summed E-state index contributed by atoms with van der Waals surface area (Å²) in [6, 6.07) is 15.5. The van der Waals surface area contributed by atoms with E-state index in [1.165, 1.54) is 12.5 Å². The maximum atomic E-state index is 12.2. The second kappa shape index (κ2) is 6.65. The van der Waals surface area contributed by atoms with Crippen LogP contribution < -0.4 is 9.64 Å². The molecule has 0 saturated heterocycles. The molecule has 3 rings (SSSR count). The van der Waals surface area contributed by atoms with Crippen LogP contribution in [0, 0.1) is 0 Å². The third kappa shape index (κ3) is 3.42. The SMILES string of the molecule is CC(=O)c1ccc2c(c1)N(CCCc1ccccc1)C(=O)CO2. The zero-order chi connectivity index (χ0) is 16.2. The molecule has 0 unspecified atom stereocenters. The van der Waals surface area contributed by atoms with Crippen molar-refractivity contribution in [3.63, 3.8) is 0 Å². The van der Waals surface area contributed by atoms with Gasteiger partial charge in [-0.05, 0) is 43.5 Å². The number of nitrogens with zero attached hydrogens (tertiary/aromatic N) is 1. The van der Waals surface area contributed by atoms with Crippen molar-refractivity contribution in [2.45, 2.75) is 19.8 Å². The first-order valence-corrected chi connectivity index (χ1v) is 7.77. The molecule has 4 heteroatoms. The third-order valence-corrected chi connectivity index (χ3v) is 4.00. The minimum Gasteiger partial charge on any atom is -0.482 e. The number of ketones is 1. The number of hydrogen-bond acceptors (Lipinski definition) is 3. The molecule has 23 heavy (non-hydrogen) atoms. The van der Waals surface area contributed by atoms with Gasteiger partial charge in [0, 0.05) is 12.1 Å². The first-order chi connectivity index (χ1) is 11.1. The second-order valence-corrected chi connectivity index (χ2v) is 5.66. The molecule has 1 aliphatic heterocycles. The predicted molar refractivity (Wildman–Crippen MR) is 89.1 cm³/mol. The van der Waals surface area contributed by atoms with Crippen molar-refractivity contribution in [2.24, 2.45) is 0 Å². The number of aryl methyl sites for hydroxylation is 1. The lowest BCUT2D eigenvalue weighted by Gasteiger charge is -2.29. The Morgan fingerprint density at radius 3 is 2.70 bits per heavy atom. The molecule has 1 amide bonds. The zero-order valence-electron chi connectivity index (χ0n) is 13.1. The number of ether oxygens (including phenoxy) is 1. The number of Topliss-reactive ketones (excluding diaryl/α,β-unsaturated/α-hetero) is 1. The van der Waals surface area contributed by atoms with Crippen LogP contribution in [0.4, 0.5) is 5.69 Å². The Labute approximate surface area is 135 Å². The van der Waals surface area contributed by atoms with E-state index in [0.717, 1.165) is 12.8 Å². The predicted octanol–water partition coefficient (Wildman–Crippen LogP) is 3.25. The van der Waals surface area contributed by atoms with Crippen LogP contribution in [0.5, 0.6) is 5.75 Å². The molecule has 0 fully saturated rings. The molecule has 0 bridgehead atoms. The minimum absolute atomic E-state index is 0.0185. The summed E-state index contributed by atoms with van der Waals surface area (Å²) in [5.41, 5.74) is 2.54. The van der Waals surface area contributed by atoms with Crippen LogP contribution in [0.3, 0.4) is 0 Å². The van der Waals surface area contributed by atoms with Gasteiger partial charge in [0.2, 0.25) is 0 Å². The molecule has 1 aliphatic rings. The van der Waals surface area contributed by atoms with Gasteiger partial charge in [-0.1, -0.05) is 30.3 Å². The van der Waals surface area contributed by atoms with Crippen LogP contribution in [-0.4, -0.2) is 24.8 Å². The summed E-state index contributed by atoms with van der Waals surface area (Å²) in [5.74, 6) is 0.579. The molecule has 4 nitrogen and oxygen atoms in total. The van der Waals surface area contributed by atoms with Crippen LogP contribution in [0.2, 0.25) is 0 Å². The van der Waals surface area contributed by atoms with E-state index >= 15 is 0 Å². The van der Waals surface area contributed by atoms with Gasteiger partial charge in [0.1, 0.15) is 5.75 Å². The Kier molecular flexibility index (Phi) is 4.42. The van der Waals surface area contributed by atoms with Crippen LogP contribution >= 0.6 is 0 Å². The number of fused-ring (bicyclic) bond motifs is 1. The molecule has 1 heterocycles. The molecule has 0 atom stereocenters. The molecular weight excluding hydrogens is 290 g/mol. The lowest BCUT2D eigenvalue weighted by molar-refractivity contribution is -0.121. The molecule has 118 valence electrons. The third-order valence-electron chi connectivity index (χ3n) is 4.00. The number of rotatable bonds is 5. The molecule has 2 aromatic carbocycles. The van der Waals surface area contributed by atoms with Gasteiger partial charge in [-0.3, -0.25) is 9.59 Å². The molecule has 2 aromatic rings. The van der Waals surface area contributed by atoms with Gasteiger partial charge in [-0.2, -0.15) is 0 Å². The van der Waals surface area contributed by atoms with E-state index in [1.807, 2.05) is 18.2 Å². The highest BCUT2D eigenvalue weighted by Gasteiger charge is 2.25. The number of amides is 1. The van der Waals surface area contributed by atoms with E-state index < -0.39 is 0 Å². The fourth-order valence-corrected chi connectivity index (χ4v) is 2.75. The van der Waals surface area contributed by atoms with Gasteiger partial charge >= 0.3 is 0 Å². The van der Waals surface area contributed by atoms with E-state index in [2.05, 4.69) is 12.1 Å². The van der Waals surface area contributed by atoms with Gasteiger partial charge < -0.3 is 9.64 Å². The minimum atomic E-state index is -0.0636.